The lowest BCUT2D eigenvalue weighted by Gasteiger charge is -2.30. The summed E-state index contributed by atoms with van der Waals surface area (Å²) >= 11 is 0. The molecule has 1 aliphatic rings. The summed E-state index contributed by atoms with van der Waals surface area (Å²) in [6.07, 6.45) is 3.41. The third-order valence-corrected chi connectivity index (χ3v) is 8.09. The minimum absolute atomic E-state index is 0.0139. The van der Waals surface area contributed by atoms with Crippen LogP contribution in [-0.4, -0.2) is 43.8 Å². The number of carbonyl (C=O) groups is 1. The zero-order valence-corrected chi connectivity index (χ0v) is 20.0. The third kappa shape index (κ3) is 4.39. The number of nitrogens with one attached hydrogen (secondary N) is 1. The number of benzene rings is 2. The number of aromatic amines is 1. The molecule has 174 valence electrons. The molecule has 1 aliphatic heterocycles. The molecule has 2 aromatic carbocycles. The molecule has 0 spiro atoms. The van der Waals surface area contributed by atoms with Crippen LogP contribution in [-0.2, 0) is 10.0 Å². The Kier molecular flexibility index (Phi) is 6.30. The summed E-state index contributed by atoms with van der Waals surface area (Å²) in [6.45, 7) is 7.25. The van der Waals surface area contributed by atoms with E-state index in [-0.39, 0.29) is 28.3 Å². The van der Waals surface area contributed by atoms with E-state index in [2.05, 4.69) is 11.9 Å². The largest absolute Gasteiger partial charge is 0.360 e. The van der Waals surface area contributed by atoms with Crippen molar-refractivity contribution < 1.29 is 13.2 Å². The number of aromatic nitrogens is 1. The van der Waals surface area contributed by atoms with Crippen molar-refractivity contribution in [3.63, 3.8) is 0 Å². The number of sulfonamides is 1. The maximum atomic E-state index is 13.5. The molecule has 1 N–H and O–H groups in total. The summed E-state index contributed by atoms with van der Waals surface area (Å²) in [6, 6.07) is 11.7. The number of piperidine rings is 1. The molecule has 0 bridgehead atoms. The maximum Gasteiger partial charge on any atom is 0.264 e. The summed E-state index contributed by atoms with van der Waals surface area (Å²) in [7, 11) is -3.90. The van der Waals surface area contributed by atoms with Crippen LogP contribution in [0.5, 0.6) is 0 Å². The summed E-state index contributed by atoms with van der Waals surface area (Å²) < 4.78 is 28.3. The van der Waals surface area contributed by atoms with Gasteiger partial charge >= 0.3 is 0 Å². The van der Waals surface area contributed by atoms with E-state index in [0.717, 1.165) is 18.4 Å². The molecule has 0 aliphatic carbocycles. The Morgan fingerprint density at radius 3 is 2.70 bits per heavy atom. The van der Waals surface area contributed by atoms with E-state index in [1.165, 1.54) is 22.6 Å². The third-order valence-electron chi connectivity index (χ3n) is 6.19. The number of fused-ring (bicyclic) bond motifs is 1. The highest BCUT2D eigenvalue weighted by molar-refractivity contribution is 7.92. The first-order valence-electron chi connectivity index (χ1n) is 11.3. The van der Waals surface area contributed by atoms with Gasteiger partial charge in [-0.1, -0.05) is 19.1 Å². The second-order valence-corrected chi connectivity index (χ2v) is 10.6. The van der Waals surface area contributed by atoms with Crippen LogP contribution in [0.15, 0.2) is 58.4 Å². The molecule has 1 aromatic heterocycles. The van der Waals surface area contributed by atoms with Gasteiger partial charge in [0.05, 0.1) is 10.6 Å². The number of hydrogen-bond acceptors (Lipinski definition) is 4. The molecule has 33 heavy (non-hydrogen) atoms. The van der Waals surface area contributed by atoms with Gasteiger partial charge in [-0.15, -0.1) is 0 Å². The van der Waals surface area contributed by atoms with Crippen LogP contribution in [0.4, 0.5) is 5.69 Å². The molecule has 8 heteroatoms. The molecular weight excluding hydrogens is 438 g/mol. The average molecular weight is 468 g/mol. The highest BCUT2D eigenvalue weighted by Gasteiger charge is 2.27. The van der Waals surface area contributed by atoms with Crippen molar-refractivity contribution in [3.8, 4) is 0 Å². The summed E-state index contributed by atoms with van der Waals surface area (Å²) in [5.74, 6) is 0.0774. The molecule has 4 rings (SSSR count). The van der Waals surface area contributed by atoms with Crippen molar-refractivity contribution >= 4 is 32.5 Å². The van der Waals surface area contributed by atoms with Crippen LogP contribution in [0, 0.1) is 12.8 Å². The number of H-pyrrole nitrogens is 1. The molecule has 3 aromatic rings. The topological polar surface area (TPSA) is 90.6 Å². The number of hydrogen-bond donors (Lipinski definition) is 1. The fraction of sp³-hybridized carbons (Fsp3) is 0.360. The first-order chi connectivity index (χ1) is 15.7. The Morgan fingerprint density at radius 1 is 1.21 bits per heavy atom. The molecule has 1 atom stereocenters. The van der Waals surface area contributed by atoms with E-state index in [9.17, 15) is 18.0 Å². The number of aryl methyl sites for hydroxylation is 1. The number of carbonyl (C=O) groups excluding carboxylic acids is 1. The molecule has 0 radical (unpaired) electrons. The zero-order valence-electron chi connectivity index (χ0n) is 19.2. The van der Waals surface area contributed by atoms with Crippen LogP contribution in [0.25, 0.3) is 10.9 Å². The summed E-state index contributed by atoms with van der Waals surface area (Å²) in [4.78, 5) is 31.0. The first-order valence-corrected chi connectivity index (χ1v) is 12.7. The van der Waals surface area contributed by atoms with Crippen molar-refractivity contribution in [3.05, 3.63) is 70.0 Å². The van der Waals surface area contributed by atoms with E-state index in [1.807, 2.05) is 25.1 Å². The van der Waals surface area contributed by atoms with Gasteiger partial charge in [0.1, 0.15) is 5.56 Å². The van der Waals surface area contributed by atoms with E-state index < -0.39 is 15.5 Å². The normalized spacial score (nSPS) is 16.7. The van der Waals surface area contributed by atoms with Crippen LogP contribution in [0.3, 0.4) is 0 Å². The quantitative estimate of drug-likeness (QED) is 0.616. The van der Waals surface area contributed by atoms with E-state index >= 15 is 0 Å². The second-order valence-electron chi connectivity index (χ2n) is 8.75. The van der Waals surface area contributed by atoms with Gasteiger partial charge in [0.2, 0.25) is 5.43 Å². The predicted octanol–water partition coefficient (Wildman–Crippen LogP) is 3.92. The number of likely N-dealkylation sites (tertiary alicyclic amines) is 1. The molecule has 0 saturated carbocycles. The van der Waals surface area contributed by atoms with Crippen LogP contribution in [0.1, 0.15) is 42.6 Å². The fourth-order valence-corrected chi connectivity index (χ4v) is 5.96. The molecule has 1 fully saturated rings. The predicted molar refractivity (Wildman–Crippen MR) is 130 cm³/mol. The zero-order chi connectivity index (χ0) is 23.8. The second kappa shape index (κ2) is 9.02. The molecule has 2 heterocycles. The van der Waals surface area contributed by atoms with Gasteiger partial charge in [-0.05, 0) is 68.5 Å². The van der Waals surface area contributed by atoms with E-state index in [0.29, 0.717) is 30.2 Å². The number of nitrogens with zero attached hydrogens (tertiary/aromatic N) is 2. The Morgan fingerprint density at radius 2 is 2.00 bits per heavy atom. The minimum Gasteiger partial charge on any atom is -0.360 e. The van der Waals surface area contributed by atoms with Gasteiger partial charge in [-0.3, -0.25) is 13.9 Å². The highest BCUT2D eigenvalue weighted by atomic mass is 32.2. The van der Waals surface area contributed by atoms with Gasteiger partial charge in [0.15, 0.2) is 0 Å². The number of amides is 1. The Bertz CT molecular complexity index is 1360. The molecule has 1 saturated heterocycles. The lowest BCUT2D eigenvalue weighted by molar-refractivity contribution is 0.0681. The molecule has 1 unspecified atom stereocenters. The van der Waals surface area contributed by atoms with Gasteiger partial charge < -0.3 is 9.88 Å². The summed E-state index contributed by atoms with van der Waals surface area (Å²) in [5, 5.41) is 0.187. The molecular formula is C25H29N3O4S. The standard InChI is InChI=1S/C25H29N3O4S/c1-4-28(19-9-5-7-17(2)13-19)33(31,32)20-10-11-23-21(14-20)24(29)22(15-26-23)25(30)27-12-6-8-18(3)16-27/h5,7,9-11,13-15,18H,4,6,8,12,16H2,1-3H3,(H,26,29). The van der Waals surface area contributed by atoms with Crippen molar-refractivity contribution in [2.24, 2.45) is 5.92 Å². The highest BCUT2D eigenvalue weighted by Crippen LogP contribution is 2.26. The van der Waals surface area contributed by atoms with Gasteiger partial charge in [0, 0.05) is 36.7 Å². The monoisotopic (exact) mass is 467 g/mol. The van der Waals surface area contributed by atoms with Crippen LogP contribution in [0.2, 0.25) is 0 Å². The smallest absolute Gasteiger partial charge is 0.264 e. The SMILES string of the molecule is CCN(c1cccc(C)c1)S(=O)(=O)c1ccc2[nH]cc(C(=O)N3CCCC(C)C3)c(=O)c2c1. The minimum atomic E-state index is -3.90. The summed E-state index contributed by atoms with van der Waals surface area (Å²) in [5.41, 5.74) is 1.59. The maximum absolute atomic E-state index is 13.5. The number of pyridine rings is 1. The molecule has 1 amide bonds. The number of rotatable bonds is 5. The van der Waals surface area contributed by atoms with Gasteiger partial charge in [-0.2, -0.15) is 0 Å². The van der Waals surface area contributed by atoms with Gasteiger partial charge in [-0.25, -0.2) is 8.42 Å². The van der Waals surface area contributed by atoms with Crippen molar-refractivity contribution in [2.75, 3.05) is 23.9 Å². The van der Waals surface area contributed by atoms with Crippen molar-refractivity contribution in [1.29, 1.82) is 0 Å². The Labute approximate surface area is 194 Å². The first kappa shape index (κ1) is 23.0. The Balaban J connectivity index is 1.76. The number of anilines is 1. The van der Waals surface area contributed by atoms with E-state index in [4.69, 9.17) is 0 Å². The van der Waals surface area contributed by atoms with Crippen LogP contribution < -0.4 is 9.73 Å². The molecule has 7 nitrogen and oxygen atoms in total. The van der Waals surface area contributed by atoms with Crippen molar-refractivity contribution in [2.45, 2.75) is 38.5 Å². The van der Waals surface area contributed by atoms with Crippen molar-refractivity contribution in [1.82, 2.24) is 9.88 Å². The van der Waals surface area contributed by atoms with E-state index in [1.54, 1.807) is 24.0 Å². The average Bonchev–Trinajstić information content (AvgIpc) is 2.79. The Hall–Kier alpha value is -3.13. The van der Waals surface area contributed by atoms with Gasteiger partial charge in [0.25, 0.3) is 15.9 Å². The lowest BCUT2D eigenvalue weighted by atomic mass is 9.99. The fourth-order valence-electron chi connectivity index (χ4n) is 4.46. The van der Waals surface area contributed by atoms with Crippen LogP contribution >= 0.6 is 0 Å². The lowest BCUT2D eigenvalue weighted by Crippen LogP contribution is -2.41.